The zero-order chi connectivity index (χ0) is 13.3. The molecule has 1 unspecified atom stereocenters. The number of thiophene rings is 2. The number of nitrogen functional groups attached to an aromatic ring is 1. The third-order valence-electron chi connectivity index (χ3n) is 2.80. The summed E-state index contributed by atoms with van der Waals surface area (Å²) in [6.45, 7) is 6.15. The van der Waals surface area contributed by atoms with Gasteiger partial charge in [0.1, 0.15) is 4.88 Å². The van der Waals surface area contributed by atoms with Gasteiger partial charge in [0.05, 0.1) is 11.7 Å². The first-order chi connectivity index (χ1) is 8.49. The quantitative estimate of drug-likeness (QED) is 0.904. The molecule has 0 saturated heterocycles. The van der Waals surface area contributed by atoms with Crippen LogP contribution < -0.4 is 11.1 Å². The average molecular weight is 280 g/mol. The Morgan fingerprint density at radius 2 is 2.17 bits per heavy atom. The number of carbonyl (C=O) groups excluding carboxylic acids is 1. The van der Waals surface area contributed by atoms with Crippen molar-refractivity contribution >= 4 is 34.3 Å². The van der Waals surface area contributed by atoms with Crippen LogP contribution in [0.3, 0.4) is 0 Å². The molecule has 96 valence electrons. The van der Waals surface area contributed by atoms with E-state index < -0.39 is 0 Å². The molecule has 2 heterocycles. The van der Waals surface area contributed by atoms with Crippen LogP contribution in [0.5, 0.6) is 0 Å². The monoisotopic (exact) mass is 280 g/mol. The van der Waals surface area contributed by atoms with Crippen LogP contribution in [-0.4, -0.2) is 5.91 Å². The van der Waals surface area contributed by atoms with Gasteiger partial charge in [-0.3, -0.25) is 4.79 Å². The molecule has 0 aliphatic rings. The highest BCUT2D eigenvalue weighted by atomic mass is 32.1. The highest BCUT2D eigenvalue weighted by Crippen LogP contribution is 2.27. The Morgan fingerprint density at radius 3 is 2.67 bits per heavy atom. The van der Waals surface area contributed by atoms with Crippen LogP contribution in [0.4, 0.5) is 5.69 Å². The van der Waals surface area contributed by atoms with Crippen molar-refractivity contribution in [3.63, 3.8) is 0 Å². The van der Waals surface area contributed by atoms with Gasteiger partial charge in [0.15, 0.2) is 0 Å². The highest BCUT2D eigenvalue weighted by molar-refractivity contribution is 7.12. The van der Waals surface area contributed by atoms with Crippen LogP contribution in [0.25, 0.3) is 0 Å². The van der Waals surface area contributed by atoms with Crippen LogP contribution in [0.1, 0.15) is 38.0 Å². The molecule has 2 aromatic heterocycles. The minimum absolute atomic E-state index is 0.00366. The largest absolute Gasteiger partial charge is 0.397 e. The lowest BCUT2D eigenvalue weighted by Crippen LogP contribution is -2.26. The summed E-state index contributed by atoms with van der Waals surface area (Å²) in [5.74, 6) is -0.0988. The Balaban J connectivity index is 2.13. The predicted octanol–water partition coefficient (Wildman–Crippen LogP) is 3.50. The average Bonchev–Trinajstić information content (AvgIpc) is 2.84. The Hall–Kier alpha value is -1.33. The van der Waals surface area contributed by atoms with E-state index in [1.165, 1.54) is 26.7 Å². The van der Waals surface area contributed by atoms with Crippen molar-refractivity contribution in [1.29, 1.82) is 0 Å². The number of rotatable bonds is 3. The molecule has 0 aromatic carbocycles. The molecule has 0 aliphatic heterocycles. The van der Waals surface area contributed by atoms with Gasteiger partial charge >= 0.3 is 0 Å². The molecular formula is C13H16N2OS2. The molecular weight excluding hydrogens is 264 g/mol. The van der Waals surface area contributed by atoms with Crippen LogP contribution in [0, 0.1) is 13.8 Å². The zero-order valence-corrected chi connectivity index (χ0v) is 12.2. The van der Waals surface area contributed by atoms with Gasteiger partial charge in [0, 0.05) is 9.75 Å². The van der Waals surface area contributed by atoms with Crippen molar-refractivity contribution in [3.8, 4) is 0 Å². The van der Waals surface area contributed by atoms with Gasteiger partial charge in [-0.2, -0.15) is 0 Å². The van der Waals surface area contributed by atoms with E-state index in [2.05, 4.69) is 25.2 Å². The fraction of sp³-hybridized carbons (Fsp3) is 0.308. The summed E-state index contributed by atoms with van der Waals surface area (Å²) >= 11 is 3.12. The maximum absolute atomic E-state index is 12.1. The Bertz CT molecular complexity index is 571. The van der Waals surface area contributed by atoms with E-state index in [-0.39, 0.29) is 11.9 Å². The van der Waals surface area contributed by atoms with Gasteiger partial charge < -0.3 is 11.1 Å². The lowest BCUT2D eigenvalue weighted by Gasteiger charge is -2.13. The molecule has 1 atom stereocenters. The Kier molecular flexibility index (Phi) is 3.73. The van der Waals surface area contributed by atoms with Gasteiger partial charge in [0.2, 0.25) is 0 Å². The van der Waals surface area contributed by atoms with E-state index in [0.717, 1.165) is 0 Å². The molecule has 5 heteroatoms. The summed E-state index contributed by atoms with van der Waals surface area (Å²) in [4.78, 5) is 15.2. The molecule has 2 rings (SSSR count). The van der Waals surface area contributed by atoms with E-state index in [9.17, 15) is 4.79 Å². The topological polar surface area (TPSA) is 55.1 Å². The molecule has 0 spiro atoms. The number of amides is 1. The third kappa shape index (κ3) is 2.57. The number of hydrogen-bond acceptors (Lipinski definition) is 4. The van der Waals surface area contributed by atoms with Crippen LogP contribution in [0.15, 0.2) is 17.5 Å². The second-order valence-electron chi connectivity index (χ2n) is 4.27. The minimum atomic E-state index is -0.0988. The number of anilines is 1. The SMILES string of the molecule is Cc1cc(C(C)NC(=O)c2sccc2N)c(C)s1. The Morgan fingerprint density at radius 1 is 1.44 bits per heavy atom. The van der Waals surface area contributed by atoms with Gasteiger partial charge in [-0.05, 0) is 43.8 Å². The van der Waals surface area contributed by atoms with Gasteiger partial charge in [0.25, 0.3) is 5.91 Å². The predicted molar refractivity (Wildman–Crippen MR) is 78.4 cm³/mol. The fourth-order valence-electron chi connectivity index (χ4n) is 1.92. The summed E-state index contributed by atoms with van der Waals surface area (Å²) in [7, 11) is 0. The van der Waals surface area contributed by atoms with Crippen LogP contribution >= 0.6 is 22.7 Å². The van der Waals surface area contributed by atoms with E-state index in [0.29, 0.717) is 10.6 Å². The number of hydrogen-bond donors (Lipinski definition) is 2. The molecule has 1 amide bonds. The molecule has 0 saturated carbocycles. The molecule has 3 nitrogen and oxygen atoms in total. The van der Waals surface area contributed by atoms with Gasteiger partial charge in [-0.25, -0.2) is 0 Å². The van der Waals surface area contributed by atoms with Crippen molar-refractivity contribution in [3.05, 3.63) is 37.7 Å². The number of nitrogens with two attached hydrogens (primary N) is 1. The summed E-state index contributed by atoms with van der Waals surface area (Å²) < 4.78 is 0. The van der Waals surface area contributed by atoms with Gasteiger partial charge in [-0.1, -0.05) is 0 Å². The molecule has 0 aliphatic carbocycles. The molecule has 0 radical (unpaired) electrons. The van der Waals surface area contributed by atoms with E-state index >= 15 is 0 Å². The van der Waals surface area contributed by atoms with E-state index in [4.69, 9.17) is 5.73 Å². The smallest absolute Gasteiger partial charge is 0.263 e. The maximum atomic E-state index is 12.1. The summed E-state index contributed by atoms with van der Waals surface area (Å²) in [5, 5.41) is 4.82. The van der Waals surface area contributed by atoms with Crippen LogP contribution in [0.2, 0.25) is 0 Å². The van der Waals surface area contributed by atoms with Crippen molar-refractivity contribution < 1.29 is 4.79 Å². The first kappa shape index (κ1) is 13.1. The maximum Gasteiger partial charge on any atom is 0.263 e. The molecule has 3 N–H and O–H groups in total. The van der Waals surface area contributed by atoms with Crippen molar-refractivity contribution in [2.75, 3.05) is 5.73 Å². The van der Waals surface area contributed by atoms with E-state index in [1.54, 1.807) is 17.4 Å². The first-order valence-electron chi connectivity index (χ1n) is 5.69. The zero-order valence-electron chi connectivity index (χ0n) is 10.6. The molecule has 0 fully saturated rings. The molecule has 0 bridgehead atoms. The van der Waals surface area contributed by atoms with Crippen molar-refractivity contribution in [2.24, 2.45) is 0 Å². The summed E-state index contributed by atoms with van der Waals surface area (Å²) in [6, 6.07) is 3.89. The minimum Gasteiger partial charge on any atom is -0.397 e. The standard InChI is InChI=1S/C13H16N2OS2/c1-7-6-10(9(3)18-7)8(2)15-13(16)12-11(14)4-5-17-12/h4-6,8H,14H2,1-3H3,(H,15,16). The summed E-state index contributed by atoms with van der Waals surface area (Å²) in [6.07, 6.45) is 0. The number of carbonyl (C=O) groups is 1. The van der Waals surface area contributed by atoms with Crippen molar-refractivity contribution in [1.82, 2.24) is 5.32 Å². The number of aryl methyl sites for hydroxylation is 2. The normalized spacial score (nSPS) is 12.4. The lowest BCUT2D eigenvalue weighted by atomic mass is 10.1. The number of nitrogens with one attached hydrogen (secondary N) is 1. The van der Waals surface area contributed by atoms with Crippen molar-refractivity contribution in [2.45, 2.75) is 26.8 Å². The second kappa shape index (κ2) is 5.12. The lowest BCUT2D eigenvalue weighted by molar-refractivity contribution is 0.0945. The van der Waals surface area contributed by atoms with E-state index in [1.807, 2.05) is 12.3 Å². The fourth-order valence-corrected chi connectivity index (χ4v) is 3.67. The third-order valence-corrected chi connectivity index (χ3v) is 4.71. The molecule has 18 heavy (non-hydrogen) atoms. The highest BCUT2D eigenvalue weighted by Gasteiger charge is 2.17. The summed E-state index contributed by atoms with van der Waals surface area (Å²) in [5.41, 5.74) is 7.47. The van der Waals surface area contributed by atoms with Crippen LogP contribution in [-0.2, 0) is 0 Å². The Labute approximate surface area is 115 Å². The van der Waals surface area contributed by atoms with Gasteiger partial charge in [-0.15, -0.1) is 22.7 Å². The molecule has 2 aromatic rings. The first-order valence-corrected chi connectivity index (χ1v) is 7.39. The second-order valence-corrected chi connectivity index (χ2v) is 6.65.